The number of methoxy groups -OCH3 is 1. The van der Waals surface area contributed by atoms with Crippen LogP contribution < -0.4 is 10.0 Å². The maximum Gasteiger partial charge on any atom is 0.243 e. The van der Waals surface area contributed by atoms with E-state index in [0.29, 0.717) is 12.1 Å². The molecule has 1 rings (SSSR count). The molecule has 0 radical (unpaired) electrons. The summed E-state index contributed by atoms with van der Waals surface area (Å²) < 4.78 is 44.7. The zero-order valence-electron chi connectivity index (χ0n) is 11.8. The maximum atomic E-state index is 13.9. The molecule has 2 N–H and O–H groups in total. The standard InChI is InChI=1S/C13H21FN2O3S/c1-3-6-15-10-11-4-5-13(12(14)9-11)20(17,18)16-7-8-19-2/h4-5,9,15-16H,3,6-8,10H2,1-2H3. The highest BCUT2D eigenvalue weighted by molar-refractivity contribution is 7.89. The number of halogens is 1. The average molecular weight is 304 g/mol. The lowest BCUT2D eigenvalue weighted by Crippen LogP contribution is -2.28. The van der Waals surface area contributed by atoms with Crippen molar-refractivity contribution in [1.29, 1.82) is 0 Å². The van der Waals surface area contributed by atoms with E-state index < -0.39 is 15.8 Å². The van der Waals surface area contributed by atoms with Crippen LogP contribution in [0.4, 0.5) is 4.39 Å². The van der Waals surface area contributed by atoms with Gasteiger partial charge in [0.15, 0.2) is 0 Å². The van der Waals surface area contributed by atoms with E-state index >= 15 is 0 Å². The molecule has 7 heteroatoms. The molecule has 1 aromatic carbocycles. The van der Waals surface area contributed by atoms with Crippen molar-refractivity contribution in [3.63, 3.8) is 0 Å². The Morgan fingerprint density at radius 1 is 1.30 bits per heavy atom. The summed E-state index contributed by atoms with van der Waals surface area (Å²) in [6.07, 6.45) is 0.984. The minimum Gasteiger partial charge on any atom is -0.383 e. The molecule has 0 saturated carbocycles. The zero-order valence-corrected chi connectivity index (χ0v) is 12.6. The average Bonchev–Trinajstić information content (AvgIpc) is 2.39. The number of nitrogens with one attached hydrogen (secondary N) is 2. The molecule has 1 aromatic rings. The zero-order chi connectivity index (χ0) is 15.0. The van der Waals surface area contributed by atoms with Gasteiger partial charge in [0.05, 0.1) is 6.61 Å². The van der Waals surface area contributed by atoms with Gasteiger partial charge in [-0.1, -0.05) is 13.0 Å². The lowest BCUT2D eigenvalue weighted by atomic mass is 10.2. The van der Waals surface area contributed by atoms with Crippen LogP contribution in [0, 0.1) is 5.82 Å². The van der Waals surface area contributed by atoms with Crippen molar-refractivity contribution in [2.45, 2.75) is 24.8 Å². The Morgan fingerprint density at radius 3 is 2.65 bits per heavy atom. The van der Waals surface area contributed by atoms with E-state index in [1.807, 2.05) is 6.92 Å². The summed E-state index contributed by atoms with van der Waals surface area (Å²) in [5.74, 6) is -0.745. The normalized spacial score (nSPS) is 11.8. The van der Waals surface area contributed by atoms with Crippen molar-refractivity contribution >= 4 is 10.0 Å². The molecule has 0 amide bonds. The topological polar surface area (TPSA) is 67.4 Å². The van der Waals surface area contributed by atoms with Gasteiger partial charge < -0.3 is 10.1 Å². The Morgan fingerprint density at radius 2 is 2.05 bits per heavy atom. The van der Waals surface area contributed by atoms with Crippen LogP contribution in [-0.4, -0.2) is 35.2 Å². The van der Waals surface area contributed by atoms with Gasteiger partial charge in [-0.15, -0.1) is 0 Å². The minimum atomic E-state index is -3.83. The van der Waals surface area contributed by atoms with Gasteiger partial charge in [0, 0.05) is 20.2 Å². The van der Waals surface area contributed by atoms with Gasteiger partial charge in [-0.2, -0.15) is 0 Å². The first-order valence-electron chi connectivity index (χ1n) is 6.49. The highest BCUT2D eigenvalue weighted by Crippen LogP contribution is 2.15. The van der Waals surface area contributed by atoms with Crippen LogP contribution in [0.2, 0.25) is 0 Å². The van der Waals surface area contributed by atoms with Crippen molar-refractivity contribution in [3.05, 3.63) is 29.6 Å². The molecule has 5 nitrogen and oxygen atoms in total. The number of benzene rings is 1. The Kier molecular flexibility index (Phi) is 7.08. The summed E-state index contributed by atoms with van der Waals surface area (Å²) >= 11 is 0. The van der Waals surface area contributed by atoms with Crippen LogP contribution >= 0.6 is 0 Å². The first-order valence-corrected chi connectivity index (χ1v) is 7.97. The van der Waals surface area contributed by atoms with E-state index in [9.17, 15) is 12.8 Å². The van der Waals surface area contributed by atoms with E-state index in [4.69, 9.17) is 4.74 Å². The number of hydrogen-bond donors (Lipinski definition) is 2. The van der Waals surface area contributed by atoms with Crippen LogP contribution in [0.25, 0.3) is 0 Å². The molecule has 0 unspecified atom stereocenters. The predicted octanol–water partition coefficient (Wildman–Crippen LogP) is 1.25. The summed E-state index contributed by atoms with van der Waals surface area (Å²) in [7, 11) is -2.37. The van der Waals surface area contributed by atoms with E-state index in [1.165, 1.54) is 19.2 Å². The molecule has 0 spiro atoms. The lowest BCUT2D eigenvalue weighted by Gasteiger charge is -2.09. The van der Waals surface area contributed by atoms with Crippen molar-refractivity contribution in [3.8, 4) is 0 Å². The van der Waals surface area contributed by atoms with Crippen molar-refractivity contribution in [2.24, 2.45) is 0 Å². The molecule has 0 saturated heterocycles. The summed E-state index contributed by atoms with van der Waals surface area (Å²) in [6, 6.07) is 4.14. The van der Waals surface area contributed by atoms with Crippen molar-refractivity contribution in [1.82, 2.24) is 10.0 Å². The third-order valence-corrected chi connectivity index (χ3v) is 4.13. The van der Waals surface area contributed by atoms with Gasteiger partial charge in [-0.05, 0) is 30.7 Å². The second-order valence-electron chi connectivity index (χ2n) is 4.33. The third kappa shape index (κ3) is 5.16. The predicted molar refractivity (Wildman–Crippen MR) is 75.5 cm³/mol. The summed E-state index contributed by atoms with van der Waals surface area (Å²) in [5, 5.41) is 3.13. The van der Waals surface area contributed by atoms with Gasteiger partial charge in [0.2, 0.25) is 10.0 Å². The van der Waals surface area contributed by atoms with E-state index in [1.54, 1.807) is 6.07 Å². The smallest absolute Gasteiger partial charge is 0.243 e. The summed E-state index contributed by atoms with van der Waals surface area (Å²) in [5.41, 5.74) is 0.715. The third-order valence-electron chi connectivity index (χ3n) is 2.64. The van der Waals surface area contributed by atoms with E-state index in [2.05, 4.69) is 10.0 Å². The largest absolute Gasteiger partial charge is 0.383 e. The molecule has 0 heterocycles. The fourth-order valence-electron chi connectivity index (χ4n) is 1.64. The van der Waals surface area contributed by atoms with Crippen LogP contribution in [0.15, 0.2) is 23.1 Å². The molecular weight excluding hydrogens is 283 g/mol. The minimum absolute atomic E-state index is 0.109. The first-order chi connectivity index (χ1) is 9.51. The van der Waals surface area contributed by atoms with Gasteiger partial charge in [-0.25, -0.2) is 17.5 Å². The molecule has 0 aliphatic carbocycles. The molecule has 20 heavy (non-hydrogen) atoms. The monoisotopic (exact) mass is 304 g/mol. The second kappa shape index (κ2) is 8.31. The molecular formula is C13H21FN2O3S. The van der Waals surface area contributed by atoms with Crippen LogP contribution in [0.1, 0.15) is 18.9 Å². The number of sulfonamides is 1. The number of rotatable bonds is 9. The van der Waals surface area contributed by atoms with Gasteiger partial charge >= 0.3 is 0 Å². The highest BCUT2D eigenvalue weighted by atomic mass is 32.2. The number of ether oxygens (including phenoxy) is 1. The molecule has 0 aliphatic heterocycles. The molecule has 0 atom stereocenters. The molecule has 0 aliphatic rings. The molecule has 114 valence electrons. The summed E-state index contributed by atoms with van der Waals surface area (Å²) in [4.78, 5) is -0.340. The van der Waals surface area contributed by atoms with Crippen LogP contribution in [0.3, 0.4) is 0 Å². The molecule has 0 bridgehead atoms. The van der Waals surface area contributed by atoms with Gasteiger partial charge in [0.25, 0.3) is 0 Å². The fourth-order valence-corrected chi connectivity index (χ4v) is 2.71. The maximum absolute atomic E-state index is 13.9. The van der Waals surface area contributed by atoms with Crippen molar-refractivity contribution in [2.75, 3.05) is 26.8 Å². The van der Waals surface area contributed by atoms with Gasteiger partial charge in [-0.3, -0.25) is 0 Å². The Bertz CT molecular complexity index is 520. The second-order valence-corrected chi connectivity index (χ2v) is 6.07. The number of hydrogen-bond acceptors (Lipinski definition) is 4. The highest BCUT2D eigenvalue weighted by Gasteiger charge is 2.18. The van der Waals surface area contributed by atoms with E-state index in [0.717, 1.165) is 13.0 Å². The Balaban J connectivity index is 2.76. The van der Waals surface area contributed by atoms with Crippen molar-refractivity contribution < 1.29 is 17.5 Å². The SMILES string of the molecule is CCCNCc1ccc(S(=O)(=O)NCCOC)c(F)c1. The quantitative estimate of drug-likeness (QED) is 0.674. The van der Waals surface area contributed by atoms with E-state index in [-0.39, 0.29) is 18.0 Å². The Labute approximate surface area is 119 Å². The van der Waals surface area contributed by atoms with Crippen LogP contribution in [0.5, 0.6) is 0 Å². The first kappa shape index (κ1) is 17.0. The van der Waals surface area contributed by atoms with Gasteiger partial charge in [0.1, 0.15) is 10.7 Å². The van der Waals surface area contributed by atoms with Crippen LogP contribution in [-0.2, 0) is 21.3 Å². The molecule has 0 fully saturated rings. The fraction of sp³-hybridized carbons (Fsp3) is 0.538. The Hall–Kier alpha value is -1.02. The summed E-state index contributed by atoms with van der Waals surface area (Å²) in [6.45, 7) is 3.73. The lowest BCUT2D eigenvalue weighted by molar-refractivity contribution is 0.204. The molecule has 0 aromatic heterocycles.